The van der Waals surface area contributed by atoms with Gasteiger partial charge in [0.05, 0.1) is 11.1 Å². The average Bonchev–Trinajstić information content (AvgIpc) is 3.01. The van der Waals surface area contributed by atoms with Gasteiger partial charge in [-0.3, -0.25) is 0 Å². The van der Waals surface area contributed by atoms with Crippen molar-refractivity contribution in [2.24, 2.45) is 0 Å². The Morgan fingerprint density at radius 2 is 1.75 bits per heavy atom. The van der Waals surface area contributed by atoms with Gasteiger partial charge in [0.15, 0.2) is 5.82 Å². The van der Waals surface area contributed by atoms with Gasteiger partial charge in [0.2, 0.25) is 5.95 Å². The van der Waals surface area contributed by atoms with Crippen LogP contribution in [0.15, 0.2) is 42.6 Å². The van der Waals surface area contributed by atoms with Crippen molar-refractivity contribution < 1.29 is 9.53 Å². The summed E-state index contributed by atoms with van der Waals surface area (Å²) in [5, 5.41) is 0. The van der Waals surface area contributed by atoms with E-state index in [2.05, 4.69) is 9.97 Å². The molecule has 0 spiro atoms. The number of ether oxygens (including phenoxy) is 1. The van der Waals surface area contributed by atoms with Crippen LogP contribution < -0.4 is 11.5 Å². The topological polar surface area (TPSA) is 109 Å². The molecule has 3 rings (SSSR count). The standard InChI is InChI=1S/C21H25N5O2/c1-5-13(12-26-11-10-16-17(26)18(22)25-20(23)24-16)14-6-8-15(9-7-14)19(27)28-21(2,3)4/h5-11H,12H2,1-4H3,(H4,22,23,24,25)/b13-5+. The smallest absolute Gasteiger partial charge is 0.338 e. The van der Waals surface area contributed by atoms with E-state index in [0.717, 1.165) is 16.7 Å². The number of hydrogen-bond donors (Lipinski definition) is 2. The number of fused-ring (bicyclic) bond motifs is 1. The van der Waals surface area contributed by atoms with E-state index < -0.39 is 5.60 Å². The van der Waals surface area contributed by atoms with E-state index in [1.165, 1.54) is 0 Å². The minimum absolute atomic E-state index is 0.159. The first-order valence-electron chi connectivity index (χ1n) is 9.05. The fourth-order valence-corrected chi connectivity index (χ4v) is 2.98. The minimum Gasteiger partial charge on any atom is -0.456 e. The van der Waals surface area contributed by atoms with Crippen molar-refractivity contribution >= 4 is 34.3 Å². The third-order valence-electron chi connectivity index (χ3n) is 4.23. The normalized spacial score (nSPS) is 12.4. The Morgan fingerprint density at radius 3 is 2.36 bits per heavy atom. The summed E-state index contributed by atoms with van der Waals surface area (Å²) in [6.45, 7) is 8.11. The van der Waals surface area contributed by atoms with Crippen LogP contribution in [0.3, 0.4) is 0 Å². The number of esters is 1. The molecule has 0 atom stereocenters. The van der Waals surface area contributed by atoms with E-state index >= 15 is 0 Å². The van der Waals surface area contributed by atoms with Gasteiger partial charge in [-0.05, 0) is 57.0 Å². The number of hydrogen-bond acceptors (Lipinski definition) is 6. The molecule has 146 valence electrons. The average molecular weight is 379 g/mol. The SMILES string of the molecule is C/C=C(\Cn1ccc2nc(N)nc(N)c21)c1ccc(C(=O)OC(C)(C)C)cc1. The first-order chi connectivity index (χ1) is 13.2. The highest BCUT2D eigenvalue weighted by Gasteiger charge is 2.18. The van der Waals surface area contributed by atoms with E-state index in [-0.39, 0.29) is 11.9 Å². The molecule has 0 aliphatic rings. The Bertz CT molecular complexity index is 1040. The predicted octanol–water partition coefficient (Wildman–Crippen LogP) is 3.65. The zero-order valence-corrected chi connectivity index (χ0v) is 16.6. The monoisotopic (exact) mass is 379 g/mol. The molecule has 2 heterocycles. The minimum atomic E-state index is -0.523. The number of rotatable bonds is 4. The van der Waals surface area contributed by atoms with Gasteiger partial charge in [-0.15, -0.1) is 0 Å². The van der Waals surface area contributed by atoms with Crippen LogP contribution in [-0.2, 0) is 11.3 Å². The van der Waals surface area contributed by atoms with Crippen LogP contribution in [0.1, 0.15) is 43.6 Å². The molecule has 2 aromatic heterocycles. The van der Waals surface area contributed by atoms with Gasteiger partial charge in [-0.2, -0.15) is 4.98 Å². The lowest BCUT2D eigenvalue weighted by atomic mass is 10.0. The molecule has 7 heteroatoms. The Kier molecular flexibility index (Phi) is 5.09. The molecule has 3 aromatic rings. The zero-order chi connectivity index (χ0) is 20.5. The largest absolute Gasteiger partial charge is 0.456 e. The number of nitrogen functional groups attached to an aromatic ring is 2. The Balaban J connectivity index is 1.84. The summed E-state index contributed by atoms with van der Waals surface area (Å²) in [6, 6.07) is 9.25. The Morgan fingerprint density at radius 1 is 1.11 bits per heavy atom. The zero-order valence-electron chi connectivity index (χ0n) is 16.6. The number of anilines is 2. The number of nitrogens with zero attached hydrogens (tertiary/aromatic N) is 3. The van der Waals surface area contributed by atoms with Crippen LogP contribution in [-0.4, -0.2) is 26.1 Å². The highest BCUT2D eigenvalue weighted by atomic mass is 16.6. The van der Waals surface area contributed by atoms with Crippen LogP contribution in [0.5, 0.6) is 0 Å². The first kappa shape index (κ1) is 19.4. The number of nitrogens with two attached hydrogens (primary N) is 2. The Hall–Kier alpha value is -3.35. The van der Waals surface area contributed by atoms with Crippen molar-refractivity contribution in [1.82, 2.24) is 14.5 Å². The molecule has 0 bridgehead atoms. The van der Waals surface area contributed by atoms with Crippen LogP contribution in [0.25, 0.3) is 16.6 Å². The van der Waals surface area contributed by atoms with Gasteiger partial charge < -0.3 is 20.8 Å². The fraction of sp³-hybridized carbons (Fsp3) is 0.286. The molecule has 0 unspecified atom stereocenters. The molecule has 7 nitrogen and oxygen atoms in total. The van der Waals surface area contributed by atoms with Gasteiger partial charge in [0.25, 0.3) is 0 Å². The summed E-state index contributed by atoms with van der Waals surface area (Å²) in [4.78, 5) is 20.5. The van der Waals surface area contributed by atoms with Gasteiger partial charge in [0, 0.05) is 12.7 Å². The molecule has 0 fully saturated rings. The van der Waals surface area contributed by atoms with E-state index in [4.69, 9.17) is 16.2 Å². The maximum Gasteiger partial charge on any atom is 0.338 e. The summed E-state index contributed by atoms with van der Waals surface area (Å²) < 4.78 is 7.40. The van der Waals surface area contributed by atoms with Crippen molar-refractivity contribution in [3.8, 4) is 0 Å². The van der Waals surface area contributed by atoms with Gasteiger partial charge in [-0.1, -0.05) is 18.2 Å². The van der Waals surface area contributed by atoms with Crippen molar-refractivity contribution in [2.75, 3.05) is 11.5 Å². The van der Waals surface area contributed by atoms with Crippen molar-refractivity contribution in [1.29, 1.82) is 0 Å². The number of carbonyl (C=O) groups excluding carboxylic acids is 1. The van der Waals surface area contributed by atoms with Crippen molar-refractivity contribution in [3.63, 3.8) is 0 Å². The molecule has 0 radical (unpaired) electrons. The third kappa shape index (κ3) is 4.14. The summed E-state index contributed by atoms with van der Waals surface area (Å²) in [5.41, 5.74) is 15.2. The van der Waals surface area contributed by atoms with E-state index in [1.807, 2.05) is 62.7 Å². The molecule has 0 amide bonds. The predicted molar refractivity (Wildman–Crippen MR) is 112 cm³/mol. The third-order valence-corrected chi connectivity index (χ3v) is 4.23. The molecule has 0 saturated carbocycles. The number of benzene rings is 1. The number of carbonyl (C=O) groups is 1. The van der Waals surface area contributed by atoms with Crippen molar-refractivity contribution in [2.45, 2.75) is 39.8 Å². The lowest BCUT2D eigenvalue weighted by Gasteiger charge is -2.19. The maximum atomic E-state index is 12.2. The van der Waals surface area contributed by atoms with Crippen LogP contribution in [0.2, 0.25) is 0 Å². The highest BCUT2D eigenvalue weighted by molar-refractivity contribution is 5.90. The van der Waals surface area contributed by atoms with Gasteiger partial charge >= 0.3 is 5.97 Å². The molecule has 0 saturated heterocycles. The summed E-state index contributed by atoms with van der Waals surface area (Å²) in [6.07, 6.45) is 3.94. The second-order valence-electron chi connectivity index (χ2n) is 7.54. The first-order valence-corrected chi connectivity index (χ1v) is 9.05. The molecule has 1 aromatic carbocycles. The van der Waals surface area contributed by atoms with Gasteiger partial charge in [0.1, 0.15) is 11.1 Å². The quantitative estimate of drug-likeness (QED) is 0.670. The number of allylic oxidation sites excluding steroid dienone is 2. The van der Waals surface area contributed by atoms with Crippen LogP contribution in [0.4, 0.5) is 11.8 Å². The van der Waals surface area contributed by atoms with Crippen LogP contribution >= 0.6 is 0 Å². The number of aromatic nitrogens is 3. The lowest BCUT2D eigenvalue weighted by Crippen LogP contribution is -2.23. The van der Waals surface area contributed by atoms with E-state index in [1.54, 1.807) is 12.1 Å². The Labute approximate surface area is 164 Å². The molecule has 0 aliphatic carbocycles. The highest BCUT2D eigenvalue weighted by Crippen LogP contribution is 2.24. The summed E-state index contributed by atoms with van der Waals surface area (Å²) >= 11 is 0. The fourth-order valence-electron chi connectivity index (χ4n) is 2.98. The molecular weight excluding hydrogens is 354 g/mol. The summed E-state index contributed by atoms with van der Waals surface area (Å²) in [5.74, 6) is 0.176. The molecule has 4 N–H and O–H groups in total. The summed E-state index contributed by atoms with van der Waals surface area (Å²) in [7, 11) is 0. The van der Waals surface area contributed by atoms with Gasteiger partial charge in [-0.25, -0.2) is 9.78 Å². The van der Waals surface area contributed by atoms with Crippen LogP contribution in [0, 0.1) is 0 Å². The second-order valence-corrected chi connectivity index (χ2v) is 7.54. The molecular formula is C21H25N5O2. The van der Waals surface area contributed by atoms with Crippen molar-refractivity contribution in [3.05, 3.63) is 53.7 Å². The lowest BCUT2D eigenvalue weighted by molar-refractivity contribution is 0.00695. The second kappa shape index (κ2) is 7.34. The van der Waals surface area contributed by atoms with E-state index in [9.17, 15) is 4.79 Å². The molecule has 0 aliphatic heterocycles. The maximum absolute atomic E-state index is 12.2. The molecule has 28 heavy (non-hydrogen) atoms. The van der Waals surface area contributed by atoms with E-state index in [0.29, 0.717) is 23.4 Å².